The van der Waals surface area contributed by atoms with Gasteiger partial charge in [0.05, 0.1) is 16.0 Å². The number of carbonyl (C=O) groups is 1. The molecule has 146 valence electrons. The normalized spacial score (nSPS) is 10.8. The van der Waals surface area contributed by atoms with E-state index in [0.717, 1.165) is 9.37 Å². The monoisotopic (exact) mass is 489 g/mol. The molecule has 3 rings (SSSR count). The predicted octanol–water partition coefficient (Wildman–Crippen LogP) is 5.93. The van der Waals surface area contributed by atoms with Crippen molar-refractivity contribution < 1.29 is 9.72 Å². The van der Waals surface area contributed by atoms with Gasteiger partial charge in [0.2, 0.25) is 0 Å². The molecule has 3 aromatic rings. The molecule has 9 heteroatoms. The first-order valence-electron chi connectivity index (χ1n) is 8.23. The smallest absolute Gasteiger partial charge is 0.267 e. The second-order valence-corrected chi connectivity index (χ2v) is 8.22. The van der Waals surface area contributed by atoms with E-state index in [9.17, 15) is 14.9 Å². The summed E-state index contributed by atoms with van der Waals surface area (Å²) in [5, 5.41) is 16.0. The van der Waals surface area contributed by atoms with Gasteiger partial charge in [0.25, 0.3) is 11.6 Å². The number of carbonyl (C=O) groups excluding carboxylic acids is 1. The highest BCUT2D eigenvalue weighted by Crippen LogP contribution is 2.35. The quantitative estimate of drug-likeness (QED) is 0.264. The molecule has 0 saturated heterocycles. The molecule has 0 aliphatic carbocycles. The fourth-order valence-corrected chi connectivity index (χ4v) is 3.76. The fraction of sp³-hybridized carbons (Fsp3) is 0. The predicted molar refractivity (Wildman–Crippen MR) is 118 cm³/mol. The topological polar surface area (TPSA) is 84.6 Å². The van der Waals surface area contributed by atoms with E-state index in [1.54, 1.807) is 54.6 Å². The Morgan fingerprint density at radius 3 is 2.59 bits per heavy atom. The molecular formula is C20H13BrClN3O3S. The minimum atomic E-state index is -0.449. The molecule has 0 unspecified atom stereocenters. The highest BCUT2D eigenvalue weighted by Gasteiger charge is 2.15. The fourth-order valence-electron chi connectivity index (χ4n) is 2.33. The molecular weight excluding hydrogens is 478 g/mol. The molecule has 0 aliphatic rings. The third-order valence-electron chi connectivity index (χ3n) is 3.69. The molecule has 0 heterocycles. The van der Waals surface area contributed by atoms with Crippen LogP contribution in [-0.4, -0.2) is 17.0 Å². The number of nitrogens with zero attached hydrogens (tertiary/aromatic N) is 2. The summed E-state index contributed by atoms with van der Waals surface area (Å²) in [4.78, 5) is 24.4. The van der Waals surface area contributed by atoms with Crippen molar-refractivity contribution in [3.05, 3.63) is 97.5 Å². The van der Waals surface area contributed by atoms with Crippen LogP contribution in [0.3, 0.4) is 0 Å². The summed E-state index contributed by atoms with van der Waals surface area (Å²) in [6, 6.07) is 18.7. The van der Waals surface area contributed by atoms with Crippen molar-refractivity contribution in [2.75, 3.05) is 0 Å². The Balaban J connectivity index is 1.74. The van der Waals surface area contributed by atoms with Gasteiger partial charge in [0.15, 0.2) is 0 Å². The number of benzene rings is 3. The summed E-state index contributed by atoms with van der Waals surface area (Å²) in [5.41, 5.74) is 3.29. The standard InChI is InChI=1S/C20H13BrClN3O3S/c21-15-3-1-2-14(11-15)20(26)24-23-12-13-4-9-19(18(10-13)25(27)28)29-17-7-5-16(22)6-8-17/h1-12H,(H,24,26)/b23-12-. The second-order valence-electron chi connectivity index (χ2n) is 5.75. The van der Waals surface area contributed by atoms with Crippen LogP contribution < -0.4 is 5.43 Å². The lowest BCUT2D eigenvalue weighted by Crippen LogP contribution is -2.17. The summed E-state index contributed by atoms with van der Waals surface area (Å²) in [6.45, 7) is 0. The van der Waals surface area contributed by atoms with Crippen LogP contribution in [-0.2, 0) is 0 Å². The van der Waals surface area contributed by atoms with E-state index in [-0.39, 0.29) is 11.6 Å². The van der Waals surface area contributed by atoms with Crippen molar-refractivity contribution in [1.29, 1.82) is 0 Å². The SMILES string of the molecule is O=C(N/N=C\c1ccc(Sc2ccc(Cl)cc2)c([N+](=O)[O-])c1)c1cccc(Br)c1. The number of hydrogen-bond acceptors (Lipinski definition) is 5. The molecule has 0 saturated carbocycles. The van der Waals surface area contributed by atoms with Crippen LogP contribution in [0.5, 0.6) is 0 Å². The highest BCUT2D eigenvalue weighted by molar-refractivity contribution is 9.10. The van der Waals surface area contributed by atoms with E-state index < -0.39 is 4.92 Å². The van der Waals surface area contributed by atoms with Gasteiger partial charge in [-0.05, 0) is 48.5 Å². The number of rotatable bonds is 6. The van der Waals surface area contributed by atoms with Crippen molar-refractivity contribution in [3.8, 4) is 0 Å². The van der Waals surface area contributed by atoms with Crippen molar-refractivity contribution in [3.63, 3.8) is 0 Å². The zero-order valence-electron chi connectivity index (χ0n) is 14.7. The number of nitrogens with one attached hydrogen (secondary N) is 1. The van der Waals surface area contributed by atoms with Crippen molar-refractivity contribution >= 4 is 57.1 Å². The molecule has 0 fully saturated rings. The molecule has 0 aromatic heterocycles. The van der Waals surface area contributed by atoms with Crippen molar-refractivity contribution in [2.24, 2.45) is 5.10 Å². The van der Waals surface area contributed by atoms with E-state index in [4.69, 9.17) is 11.6 Å². The third-order valence-corrected chi connectivity index (χ3v) is 5.51. The van der Waals surface area contributed by atoms with Crippen LogP contribution >= 0.6 is 39.3 Å². The Morgan fingerprint density at radius 2 is 1.90 bits per heavy atom. The van der Waals surface area contributed by atoms with Crippen LogP contribution in [0.1, 0.15) is 15.9 Å². The van der Waals surface area contributed by atoms with E-state index in [1.807, 2.05) is 6.07 Å². The first-order chi connectivity index (χ1) is 13.9. The molecule has 1 N–H and O–H groups in total. The molecule has 3 aromatic carbocycles. The van der Waals surface area contributed by atoms with E-state index in [0.29, 0.717) is 21.0 Å². The lowest BCUT2D eigenvalue weighted by Gasteiger charge is -2.04. The Bertz CT molecular complexity index is 1090. The maximum absolute atomic E-state index is 12.1. The average Bonchev–Trinajstić information content (AvgIpc) is 2.70. The van der Waals surface area contributed by atoms with Gasteiger partial charge in [0.1, 0.15) is 0 Å². The van der Waals surface area contributed by atoms with Crippen molar-refractivity contribution in [2.45, 2.75) is 9.79 Å². The minimum absolute atomic E-state index is 0.0489. The first-order valence-corrected chi connectivity index (χ1v) is 10.2. The number of halogens is 2. The van der Waals surface area contributed by atoms with Gasteiger partial charge in [-0.2, -0.15) is 5.10 Å². The molecule has 0 aliphatic heterocycles. The molecule has 29 heavy (non-hydrogen) atoms. The zero-order valence-corrected chi connectivity index (χ0v) is 17.9. The van der Waals surface area contributed by atoms with Crippen LogP contribution in [0, 0.1) is 10.1 Å². The number of hydrazone groups is 1. The van der Waals surface area contributed by atoms with Gasteiger partial charge < -0.3 is 0 Å². The van der Waals surface area contributed by atoms with Gasteiger partial charge in [-0.15, -0.1) is 0 Å². The molecule has 6 nitrogen and oxygen atoms in total. The molecule has 1 amide bonds. The van der Waals surface area contributed by atoms with Crippen LogP contribution in [0.2, 0.25) is 5.02 Å². The highest BCUT2D eigenvalue weighted by atomic mass is 79.9. The van der Waals surface area contributed by atoms with E-state index >= 15 is 0 Å². The van der Waals surface area contributed by atoms with Crippen LogP contribution in [0.25, 0.3) is 0 Å². The molecule has 0 atom stereocenters. The van der Waals surface area contributed by atoms with Gasteiger partial charge in [-0.1, -0.05) is 51.4 Å². The molecule has 0 bridgehead atoms. The van der Waals surface area contributed by atoms with Crippen LogP contribution in [0.4, 0.5) is 5.69 Å². The summed E-state index contributed by atoms with van der Waals surface area (Å²) >= 11 is 10.4. The van der Waals surface area contributed by atoms with Crippen LogP contribution in [0.15, 0.2) is 86.1 Å². The van der Waals surface area contributed by atoms with Crippen molar-refractivity contribution in [1.82, 2.24) is 5.43 Å². The van der Waals surface area contributed by atoms with Gasteiger partial charge >= 0.3 is 0 Å². The number of nitro groups is 1. The molecule has 0 spiro atoms. The summed E-state index contributed by atoms with van der Waals surface area (Å²) < 4.78 is 0.776. The first kappa shape index (κ1) is 21.0. The Kier molecular flexibility index (Phi) is 7.03. The molecule has 0 radical (unpaired) electrons. The van der Waals surface area contributed by atoms with Gasteiger partial charge in [-0.3, -0.25) is 14.9 Å². The maximum atomic E-state index is 12.1. The largest absolute Gasteiger partial charge is 0.283 e. The van der Waals surface area contributed by atoms with E-state index in [2.05, 4.69) is 26.5 Å². The second kappa shape index (κ2) is 9.69. The number of hydrogen-bond donors (Lipinski definition) is 1. The maximum Gasteiger partial charge on any atom is 0.283 e. The van der Waals surface area contributed by atoms with Gasteiger partial charge in [0, 0.05) is 31.6 Å². The summed E-state index contributed by atoms with van der Waals surface area (Å²) in [6.07, 6.45) is 1.36. The average molecular weight is 491 g/mol. The Hall–Kier alpha value is -2.68. The zero-order chi connectivity index (χ0) is 20.8. The lowest BCUT2D eigenvalue weighted by molar-refractivity contribution is -0.387. The minimum Gasteiger partial charge on any atom is -0.267 e. The summed E-state index contributed by atoms with van der Waals surface area (Å²) in [7, 11) is 0. The lowest BCUT2D eigenvalue weighted by atomic mass is 10.2. The Labute approximate surface area is 184 Å². The number of amides is 1. The summed E-state index contributed by atoms with van der Waals surface area (Å²) in [5.74, 6) is -0.382. The Morgan fingerprint density at radius 1 is 1.14 bits per heavy atom. The third kappa shape index (κ3) is 5.90. The number of nitro benzene ring substituents is 1. The van der Waals surface area contributed by atoms with E-state index in [1.165, 1.54) is 24.0 Å². The van der Waals surface area contributed by atoms with Gasteiger partial charge in [-0.25, -0.2) is 5.43 Å².